The maximum Gasteiger partial charge on any atom is 0.407 e. The maximum absolute atomic E-state index is 12.3. The Morgan fingerprint density at radius 2 is 1.76 bits per heavy atom. The van der Waals surface area contributed by atoms with E-state index in [0.29, 0.717) is 6.42 Å². The molecule has 0 radical (unpaired) electrons. The van der Waals surface area contributed by atoms with E-state index in [0.717, 1.165) is 22.3 Å². The number of amides is 1. The summed E-state index contributed by atoms with van der Waals surface area (Å²) in [5, 5.41) is 15.2. The second-order valence-corrected chi connectivity index (χ2v) is 7.01. The van der Waals surface area contributed by atoms with Crippen molar-refractivity contribution in [2.75, 3.05) is 13.2 Å². The van der Waals surface area contributed by atoms with Crippen LogP contribution in [-0.4, -0.2) is 36.4 Å². The number of hydrogen-bond acceptors (Lipinski definition) is 4. The van der Waals surface area contributed by atoms with Gasteiger partial charge < -0.3 is 15.2 Å². The summed E-state index contributed by atoms with van der Waals surface area (Å²) in [7, 11) is 0. The highest BCUT2D eigenvalue weighted by atomic mass is 16.5. The third-order valence-electron chi connectivity index (χ3n) is 5.20. The van der Waals surface area contributed by atoms with Gasteiger partial charge in [0.1, 0.15) is 12.6 Å². The second-order valence-electron chi connectivity index (χ2n) is 7.01. The number of carboxylic acid groups (broad SMARTS) is 1. The van der Waals surface area contributed by atoms with E-state index in [1.54, 1.807) is 6.92 Å². The lowest BCUT2D eigenvalue weighted by molar-refractivity contribution is -0.140. The lowest BCUT2D eigenvalue weighted by Crippen LogP contribution is -2.45. The summed E-state index contributed by atoms with van der Waals surface area (Å²) in [5.41, 5.74) is 12.7. The highest BCUT2D eigenvalue weighted by Crippen LogP contribution is 2.44. The van der Waals surface area contributed by atoms with E-state index < -0.39 is 24.0 Å². The number of ether oxygens (including phenoxy) is 1. The van der Waals surface area contributed by atoms with E-state index in [1.807, 2.05) is 48.5 Å². The fourth-order valence-electron chi connectivity index (χ4n) is 3.69. The van der Waals surface area contributed by atoms with Crippen LogP contribution < -0.4 is 5.32 Å². The number of rotatable bonds is 8. The largest absolute Gasteiger partial charge is 0.480 e. The van der Waals surface area contributed by atoms with Gasteiger partial charge in [-0.15, -0.1) is 0 Å². The number of carbonyl (C=O) groups excluding carboxylic acids is 1. The molecule has 2 aromatic carbocycles. The van der Waals surface area contributed by atoms with Crippen LogP contribution in [0.15, 0.2) is 53.6 Å². The van der Waals surface area contributed by atoms with E-state index in [9.17, 15) is 14.7 Å². The van der Waals surface area contributed by atoms with Crippen molar-refractivity contribution in [3.8, 4) is 11.1 Å². The van der Waals surface area contributed by atoms with Gasteiger partial charge in [0, 0.05) is 17.4 Å². The van der Waals surface area contributed by atoms with Gasteiger partial charge in [0.05, 0.1) is 0 Å². The van der Waals surface area contributed by atoms with Gasteiger partial charge in [0.25, 0.3) is 0 Å². The first-order valence-electron chi connectivity index (χ1n) is 9.38. The first-order valence-corrected chi connectivity index (χ1v) is 9.38. The van der Waals surface area contributed by atoms with Crippen molar-refractivity contribution in [3.05, 3.63) is 70.1 Å². The molecule has 0 fully saturated rings. The summed E-state index contributed by atoms with van der Waals surface area (Å²) >= 11 is 0. The molecule has 0 bridgehead atoms. The van der Waals surface area contributed by atoms with Gasteiger partial charge in [-0.2, -0.15) is 0 Å². The number of azide groups is 1. The maximum atomic E-state index is 12.3. The van der Waals surface area contributed by atoms with Crippen molar-refractivity contribution < 1.29 is 19.4 Å². The molecule has 1 amide bonds. The number of nitrogens with one attached hydrogen (secondary N) is 1. The normalized spacial score (nSPS) is 14.1. The Morgan fingerprint density at radius 1 is 1.17 bits per heavy atom. The molecule has 3 rings (SSSR count). The van der Waals surface area contributed by atoms with Crippen molar-refractivity contribution in [1.82, 2.24) is 5.32 Å². The van der Waals surface area contributed by atoms with Gasteiger partial charge in [-0.1, -0.05) is 60.6 Å². The molecule has 8 heteroatoms. The van der Waals surface area contributed by atoms with Gasteiger partial charge in [-0.05, 0) is 40.1 Å². The Bertz CT molecular complexity index is 910. The number of nitrogens with zero attached hydrogens (tertiary/aromatic N) is 3. The Kier molecular flexibility index (Phi) is 6.36. The van der Waals surface area contributed by atoms with Gasteiger partial charge in [0.2, 0.25) is 0 Å². The van der Waals surface area contributed by atoms with Crippen LogP contribution in [0.1, 0.15) is 30.4 Å². The van der Waals surface area contributed by atoms with E-state index in [4.69, 9.17) is 10.3 Å². The molecule has 1 aliphatic carbocycles. The zero-order valence-corrected chi connectivity index (χ0v) is 16.0. The van der Waals surface area contributed by atoms with Gasteiger partial charge in [0.15, 0.2) is 0 Å². The Morgan fingerprint density at radius 3 is 2.31 bits per heavy atom. The Balaban J connectivity index is 1.65. The molecule has 0 heterocycles. The number of carbonyl (C=O) groups is 2. The molecule has 0 aliphatic heterocycles. The third-order valence-corrected chi connectivity index (χ3v) is 5.20. The molecule has 1 aliphatic rings. The van der Waals surface area contributed by atoms with Crippen LogP contribution in [0, 0.1) is 5.92 Å². The predicted octanol–water partition coefficient (Wildman–Crippen LogP) is 4.31. The zero-order valence-electron chi connectivity index (χ0n) is 16.0. The quantitative estimate of drug-likeness (QED) is 0.393. The molecular formula is C21H22N4O4. The summed E-state index contributed by atoms with van der Waals surface area (Å²) in [6.07, 6.45) is -0.445. The van der Waals surface area contributed by atoms with Gasteiger partial charge >= 0.3 is 12.1 Å². The fraction of sp³-hybridized carbons (Fsp3) is 0.333. The van der Waals surface area contributed by atoms with Crippen molar-refractivity contribution in [2.45, 2.75) is 25.3 Å². The van der Waals surface area contributed by atoms with Gasteiger partial charge in [-0.25, -0.2) is 9.59 Å². The highest BCUT2D eigenvalue weighted by molar-refractivity contribution is 5.81. The van der Waals surface area contributed by atoms with E-state index >= 15 is 0 Å². The first-order chi connectivity index (χ1) is 14.0. The van der Waals surface area contributed by atoms with Gasteiger partial charge in [-0.3, -0.25) is 0 Å². The van der Waals surface area contributed by atoms with E-state index in [-0.39, 0.29) is 19.1 Å². The Hall–Kier alpha value is -3.51. The van der Waals surface area contributed by atoms with Crippen LogP contribution in [0.4, 0.5) is 4.79 Å². The van der Waals surface area contributed by atoms with Crippen molar-refractivity contribution in [3.63, 3.8) is 0 Å². The van der Waals surface area contributed by atoms with Crippen LogP contribution in [0.25, 0.3) is 21.6 Å². The average Bonchev–Trinajstić information content (AvgIpc) is 3.04. The lowest BCUT2D eigenvalue weighted by Gasteiger charge is -2.21. The van der Waals surface area contributed by atoms with Crippen molar-refractivity contribution in [1.29, 1.82) is 0 Å². The molecule has 8 nitrogen and oxygen atoms in total. The van der Waals surface area contributed by atoms with E-state index in [1.165, 1.54) is 0 Å². The standard InChI is InChI=1S/C21H22N4O4/c1-13(10-11-23-25-22)19(20(26)27)24-21(28)29-12-18-16-8-4-2-6-14(16)15-7-3-5-9-17(15)18/h2-9,13,18-19H,10-12H2,1H3,(H,24,28)(H,26,27)/t13-,19+/m1/s1. The molecule has 0 unspecified atom stereocenters. The Labute approximate surface area is 168 Å². The molecular weight excluding hydrogens is 372 g/mol. The topological polar surface area (TPSA) is 124 Å². The average molecular weight is 394 g/mol. The number of carboxylic acids is 1. The first kappa shape index (κ1) is 20.2. The molecule has 2 aromatic rings. The summed E-state index contributed by atoms with van der Waals surface area (Å²) < 4.78 is 5.40. The minimum atomic E-state index is -1.16. The monoisotopic (exact) mass is 394 g/mol. The molecule has 2 N–H and O–H groups in total. The lowest BCUT2D eigenvalue weighted by atomic mass is 9.98. The smallest absolute Gasteiger partial charge is 0.407 e. The summed E-state index contributed by atoms with van der Waals surface area (Å²) in [6.45, 7) is 1.95. The summed E-state index contributed by atoms with van der Waals surface area (Å²) in [6, 6.07) is 14.8. The predicted molar refractivity (Wildman–Crippen MR) is 107 cm³/mol. The van der Waals surface area contributed by atoms with Crippen LogP contribution in [-0.2, 0) is 9.53 Å². The molecule has 0 spiro atoms. The fourth-order valence-corrected chi connectivity index (χ4v) is 3.69. The number of benzene rings is 2. The molecule has 150 valence electrons. The van der Waals surface area contributed by atoms with Crippen LogP contribution >= 0.6 is 0 Å². The third kappa shape index (κ3) is 4.50. The molecule has 0 saturated carbocycles. The van der Waals surface area contributed by atoms with E-state index in [2.05, 4.69) is 15.3 Å². The number of alkyl carbamates (subject to hydrolysis) is 1. The molecule has 2 atom stereocenters. The van der Waals surface area contributed by atoms with Crippen molar-refractivity contribution in [2.24, 2.45) is 11.0 Å². The highest BCUT2D eigenvalue weighted by Gasteiger charge is 2.30. The minimum absolute atomic E-state index is 0.0983. The molecule has 29 heavy (non-hydrogen) atoms. The second kappa shape index (κ2) is 9.12. The number of hydrogen-bond donors (Lipinski definition) is 2. The van der Waals surface area contributed by atoms with Crippen LogP contribution in [0.3, 0.4) is 0 Å². The minimum Gasteiger partial charge on any atom is -0.480 e. The zero-order chi connectivity index (χ0) is 20.8. The van der Waals surface area contributed by atoms with Crippen LogP contribution in [0.5, 0.6) is 0 Å². The number of fused-ring (bicyclic) bond motifs is 3. The van der Waals surface area contributed by atoms with Crippen LogP contribution in [0.2, 0.25) is 0 Å². The molecule has 0 saturated heterocycles. The molecule has 0 aromatic heterocycles. The summed E-state index contributed by atoms with van der Waals surface area (Å²) in [4.78, 5) is 26.5. The number of aliphatic carboxylic acids is 1. The van der Waals surface area contributed by atoms with Crippen molar-refractivity contribution >= 4 is 12.1 Å². The summed E-state index contributed by atoms with van der Waals surface area (Å²) in [5.74, 6) is -1.68. The SMILES string of the molecule is C[C@H](CCN=[N+]=[N-])[C@H](NC(=O)OCC1c2ccccc2-c2ccccc21)C(=O)O.